The molecule has 0 bridgehead atoms. The van der Waals surface area contributed by atoms with Crippen LogP contribution in [-0.2, 0) is 0 Å². The van der Waals surface area contributed by atoms with Crippen LogP contribution in [0.4, 0.5) is 0 Å². The first-order chi connectivity index (χ1) is 15.2. The molecular weight excluding hydrogens is 492 g/mol. The number of nitrogens with zero attached hydrogens (tertiary/aromatic N) is 2. The Morgan fingerprint density at radius 1 is 0.970 bits per heavy atom. The summed E-state index contributed by atoms with van der Waals surface area (Å²) in [5, 5.41) is 0. The number of hydrogen-bond donors (Lipinski definition) is 0. The van der Waals surface area contributed by atoms with Gasteiger partial charge < -0.3 is 21.9 Å². The van der Waals surface area contributed by atoms with Gasteiger partial charge in [-0.1, -0.05) is 50.7 Å². The lowest BCUT2D eigenvalue weighted by atomic mass is 9.91. The van der Waals surface area contributed by atoms with Crippen molar-refractivity contribution in [3.8, 4) is 0 Å². The summed E-state index contributed by atoms with van der Waals surface area (Å²) in [5.74, 6) is 0.0901. The smallest absolute Gasteiger partial charge is 0.254 e. The van der Waals surface area contributed by atoms with Gasteiger partial charge in [-0.3, -0.25) is 4.79 Å². The minimum absolute atomic E-state index is 0. The lowest BCUT2D eigenvalue weighted by molar-refractivity contribution is -0.462. The van der Waals surface area contributed by atoms with Gasteiger partial charge in [-0.2, -0.15) is 0 Å². The summed E-state index contributed by atoms with van der Waals surface area (Å²) in [5.41, 5.74) is 5.24. The zero-order valence-corrected chi connectivity index (χ0v) is 23.2. The minimum atomic E-state index is 0. The van der Waals surface area contributed by atoms with Gasteiger partial charge in [-0.15, -0.1) is 0 Å². The number of carbonyl (C=O) groups excluding carboxylic acids is 1. The van der Waals surface area contributed by atoms with Crippen LogP contribution < -0.4 is 17.0 Å². The molecule has 3 nitrogen and oxygen atoms in total. The van der Waals surface area contributed by atoms with E-state index < -0.39 is 0 Å². The molecule has 33 heavy (non-hydrogen) atoms. The predicted molar refractivity (Wildman–Crippen MR) is 139 cm³/mol. The molecule has 1 aromatic rings. The summed E-state index contributed by atoms with van der Waals surface area (Å²) in [7, 11) is 4.11. The number of rotatable bonds is 4. The zero-order valence-electron chi connectivity index (χ0n) is 20.8. The summed E-state index contributed by atoms with van der Waals surface area (Å²) < 4.78 is 2.11. The summed E-state index contributed by atoms with van der Waals surface area (Å²) in [6.45, 7) is 12.2. The number of halogens is 1. The second kappa shape index (κ2) is 11.3. The van der Waals surface area contributed by atoms with E-state index in [1.54, 1.807) is 0 Å². The van der Waals surface area contributed by atoms with Gasteiger partial charge in [0.1, 0.15) is 14.1 Å². The van der Waals surface area contributed by atoms with Gasteiger partial charge in [-0.05, 0) is 71.2 Å². The highest BCUT2D eigenvalue weighted by Gasteiger charge is 2.26. The van der Waals surface area contributed by atoms with E-state index in [4.69, 9.17) is 0 Å². The fourth-order valence-electron chi connectivity index (χ4n) is 3.70. The molecule has 1 aromatic carbocycles. The molecule has 1 aliphatic heterocycles. The zero-order chi connectivity index (χ0) is 23.5. The van der Waals surface area contributed by atoms with E-state index in [9.17, 15) is 4.79 Å². The molecule has 0 saturated carbocycles. The number of carbonyl (C=O) groups is 1. The molecule has 1 aliphatic carbocycles. The number of amides is 1. The van der Waals surface area contributed by atoms with E-state index in [1.807, 2.05) is 48.7 Å². The van der Waals surface area contributed by atoms with E-state index >= 15 is 0 Å². The van der Waals surface area contributed by atoms with Crippen molar-refractivity contribution in [1.82, 2.24) is 4.90 Å². The van der Waals surface area contributed by atoms with Crippen LogP contribution in [0.15, 0.2) is 76.1 Å². The first-order valence-electron chi connectivity index (χ1n) is 11.3. The Labute approximate surface area is 214 Å². The first kappa shape index (κ1) is 27.1. The molecule has 3 rings (SSSR count). The van der Waals surface area contributed by atoms with Crippen LogP contribution in [-0.4, -0.2) is 48.3 Å². The highest BCUT2D eigenvalue weighted by atomic mass is 79.9. The van der Waals surface area contributed by atoms with E-state index in [0.29, 0.717) is 13.1 Å². The number of hydrogen-bond acceptors (Lipinski definition) is 2. The molecule has 176 valence electrons. The molecule has 0 fully saturated rings. The maximum atomic E-state index is 13.3. The monoisotopic (exact) mass is 526 g/mol. The van der Waals surface area contributed by atoms with Crippen LogP contribution >= 0.6 is 11.8 Å². The van der Waals surface area contributed by atoms with Crippen molar-refractivity contribution in [2.45, 2.75) is 34.6 Å². The van der Waals surface area contributed by atoms with E-state index in [1.165, 1.54) is 21.1 Å². The normalized spacial score (nSPS) is 15.7. The third kappa shape index (κ3) is 6.27. The van der Waals surface area contributed by atoms with Crippen LogP contribution in [0.5, 0.6) is 0 Å². The van der Waals surface area contributed by atoms with Gasteiger partial charge in [0.05, 0.1) is 0 Å². The first-order valence-corrected chi connectivity index (χ1v) is 12.1. The molecule has 5 heteroatoms. The van der Waals surface area contributed by atoms with Crippen molar-refractivity contribution in [3.05, 3.63) is 87.2 Å². The maximum absolute atomic E-state index is 13.3. The molecule has 0 spiro atoms. The highest BCUT2D eigenvalue weighted by Crippen LogP contribution is 2.46. The minimum Gasteiger partial charge on any atom is -1.00 e. The van der Waals surface area contributed by atoms with E-state index in [-0.39, 0.29) is 28.3 Å². The number of benzene rings is 1. The Morgan fingerprint density at radius 3 is 2.12 bits per heavy atom. The van der Waals surface area contributed by atoms with Gasteiger partial charge in [0, 0.05) is 35.7 Å². The fourth-order valence-corrected chi connectivity index (χ4v) is 4.86. The Kier molecular flexibility index (Phi) is 9.33. The summed E-state index contributed by atoms with van der Waals surface area (Å²) in [6, 6.07) is 8.00. The van der Waals surface area contributed by atoms with Crippen molar-refractivity contribution < 1.29 is 26.4 Å². The Bertz CT molecular complexity index is 1070. The molecule has 0 N–H and O–H groups in total. The molecule has 0 radical (unpaired) electrons. The largest absolute Gasteiger partial charge is 1.00 e. The molecule has 2 aliphatic rings. The highest BCUT2D eigenvalue weighted by molar-refractivity contribution is 8.07. The molecule has 1 amide bonds. The van der Waals surface area contributed by atoms with Gasteiger partial charge in [0.25, 0.3) is 5.91 Å². The van der Waals surface area contributed by atoms with Gasteiger partial charge in [0.15, 0.2) is 5.71 Å². The second-order valence-electron chi connectivity index (χ2n) is 9.29. The van der Waals surface area contributed by atoms with Gasteiger partial charge >= 0.3 is 0 Å². The lowest BCUT2D eigenvalue weighted by Gasteiger charge is -2.28. The molecule has 0 aromatic heterocycles. The summed E-state index contributed by atoms with van der Waals surface area (Å²) in [6.07, 6.45) is 13.2. The van der Waals surface area contributed by atoms with E-state index in [2.05, 4.69) is 82.0 Å². The average Bonchev–Trinajstić information content (AvgIpc) is 2.79. The Balaban J connectivity index is 0.00000385. The number of allylic oxidation sites excluding steroid dienone is 9. The fraction of sp³-hybridized carbons (Fsp3) is 0.357. The Morgan fingerprint density at radius 2 is 1.58 bits per heavy atom. The van der Waals surface area contributed by atoms with Crippen molar-refractivity contribution in [1.29, 1.82) is 0 Å². The molecule has 1 heterocycles. The summed E-state index contributed by atoms with van der Waals surface area (Å²) in [4.78, 5) is 17.7. The van der Waals surface area contributed by atoms with Crippen LogP contribution in [0.1, 0.15) is 50.5 Å². The van der Waals surface area contributed by atoms with Crippen molar-refractivity contribution in [3.63, 3.8) is 0 Å². The molecule has 0 atom stereocenters. The molecular formula is C28H35BrN2OS. The van der Waals surface area contributed by atoms with Crippen molar-refractivity contribution >= 4 is 29.0 Å². The predicted octanol–water partition coefficient (Wildman–Crippen LogP) is 3.33. The Hall–Kier alpha value is -2.11. The number of thioether (sulfide) groups is 1. The van der Waals surface area contributed by atoms with Crippen LogP contribution in [0, 0.1) is 5.41 Å². The maximum Gasteiger partial charge on any atom is 0.254 e. The summed E-state index contributed by atoms with van der Waals surface area (Å²) >= 11 is 1.83. The SMILES string of the molecule is CCN(CC)C(=O)c1ccccc1C1=CC(=C2C=CC(=[N+](C)C)C=C2)SC(C(C)(C)C)=C1.[Br-]. The van der Waals surface area contributed by atoms with Crippen molar-refractivity contribution in [2.75, 3.05) is 27.2 Å². The third-order valence-corrected chi connectivity index (χ3v) is 7.24. The second-order valence-corrected chi connectivity index (χ2v) is 10.4. The topological polar surface area (TPSA) is 23.3 Å². The average molecular weight is 528 g/mol. The van der Waals surface area contributed by atoms with E-state index in [0.717, 1.165) is 16.7 Å². The van der Waals surface area contributed by atoms with Gasteiger partial charge in [0.2, 0.25) is 0 Å². The third-order valence-electron chi connectivity index (χ3n) is 5.72. The van der Waals surface area contributed by atoms with Crippen LogP contribution in [0.2, 0.25) is 0 Å². The van der Waals surface area contributed by atoms with Crippen molar-refractivity contribution in [2.24, 2.45) is 5.41 Å². The standard InChI is InChI=1S/C28H35N2OS.BrH/c1-8-30(9-2)27(31)24-13-11-10-12-23(24)21-18-25(32-26(19-21)28(3,4)5)20-14-16-22(17-15-20)29(6)7;/h10-19H,8-9H2,1-7H3;1H/q+1;/p-1. The van der Waals surface area contributed by atoms with Crippen LogP contribution in [0.3, 0.4) is 0 Å². The molecule has 0 unspecified atom stereocenters. The van der Waals surface area contributed by atoms with Gasteiger partial charge in [-0.25, -0.2) is 4.58 Å². The lowest BCUT2D eigenvalue weighted by Crippen LogP contribution is -3.00. The van der Waals surface area contributed by atoms with Crippen LogP contribution in [0.25, 0.3) is 5.57 Å². The molecule has 0 saturated heterocycles. The quantitative estimate of drug-likeness (QED) is 0.561.